The van der Waals surface area contributed by atoms with Gasteiger partial charge in [0.05, 0.1) is 0 Å². The summed E-state index contributed by atoms with van der Waals surface area (Å²) >= 11 is 0. The van der Waals surface area contributed by atoms with E-state index in [9.17, 15) is 4.79 Å². The Balaban J connectivity index is 0.000000845. The van der Waals surface area contributed by atoms with Gasteiger partial charge in [-0.3, -0.25) is 0 Å². The zero-order chi connectivity index (χ0) is 8.55. The van der Waals surface area contributed by atoms with Crippen molar-refractivity contribution in [1.29, 1.82) is 0 Å². The number of hydrogen-bond donors (Lipinski definition) is 1. The fourth-order valence-electron chi connectivity index (χ4n) is 1.14. The van der Waals surface area contributed by atoms with E-state index in [2.05, 4.69) is 0 Å². The number of carboxylic acids is 1. The van der Waals surface area contributed by atoms with Crippen LogP contribution in [0.1, 0.15) is 10.4 Å². The van der Waals surface area contributed by atoms with E-state index in [1.54, 1.807) is 24.3 Å². The topological polar surface area (TPSA) is 50.4 Å². The Morgan fingerprint density at radius 3 is 2.69 bits per heavy atom. The van der Waals surface area contributed by atoms with Crippen LogP contribution in [-0.4, -0.2) is 40.6 Å². The van der Waals surface area contributed by atoms with Crippen molar-refractivity contribution in [2.45, 2.75) is 0 Å². The molecule has 3 nitrogen and oxygen atoms in total. The van der Waals surface area contributed by atoms with Crippen LogP contribution in [0.15, 0.2) is 34.9 Å². The first-order valence-corrected chi connectivity index (χ1v) is 3.48. The van der Waals surface area contributed by atoms with Crippen LogP contribution in [0.2, 0.25) is 0 Å². The first-order valence-electron chi connectivity index (χ1n) is 3.48. The summed E-state index contributed by atoms with van der Waals surface area (Å²) in [6, 6.07) is 7.05. The molecule has 0 fully saturated rings. The van der Waals surface area contributed by atoms with Gasteiger partial charge in [-0.15, -0.1) is 0 Å². The molecule has 0 bridgehead atoms. The van der Waals surface area contributed by atoms with Crippen molar-refractivity contribution in [3.63, 3.8) is 0 Å². The molecule has 2 aromatic rings. The van der Waals surface area contributed by atoms with Gasteiger partial charge in [0.1, 0.15) is 17.4 Å². The second kappa shape index (κ2) is 3.96. The van der Waals surface area contributed by atoms with E-state index < -0.39 is 5.97 Å². The van der Waals surface area contributed by atoms with Gasteiger partial charge < -0.3 is 9.52 Å². The molecular formula is C9H7NaO3. The second-order valence-corrected chi connectivity index (χ2v) is 2.45. The van der Waals surface area contributed by atoms with Gasteiger partial charge >= 0.3 is 35.5 Å². The van der Waals surface area contributed by atoms with Crippen molar-refractivity contribution < 1.29 is 14.3 Å². The molecule has 2 rings (SSSR count). The monoisotopic (exact) mass is 186 g/mol. The van der Waals surface area contributed by atoms with E-state index in [1.807, 2.05) is 0 Å². The minimum atomic E-state index is -0.958. The molecule has 0 atom stereocenters. The summed E-state index contributed by atoms with van der Waals surface area (Å²) in [5.74, 6) is -0.958. The summed E-state index contributed by atoms with van der Waals surface area (Å²) in [5.41, 5.74) is 0.820. The van der Waals surface area contributed by atoms with Crippen LogP contribution in [-0.2, 0) is 0 Å². The van der Waals surface area contributed by atoms with E-state index in [4.69, 9.17) is 9.52 Å². The number of carbonyl (C=O) groups is 1. The van der Waals surface area contributed by atoms with Gasteiger partial charge in [-0.2, -0.15) is 0 Å². The average molecular weight is 186 g/mol. The molecule has 0 radical (unpaired) electrons. The first-order chi connectivity index (χ1) is 5.79. The van der Waals surface area contributed by atoms with Crippen LogP contribution in [0.4, 0.5) is 0 Å². The minimum absolute atomic E-state index is 0. The van der Waals surface area contributed by atoms with Gasteiger partial charge in [0.15, 0.2) is 0 Å². The number of fused-ring (bicyclic) bond motifs is 1. The standard InChI is InChI=1S/C9H6O3.Na.H/c10-9(11)7-5-12-8-4-2-1-3-6(7)8;;/h1-5H,(H,10,11);;. The molecule has 0 aliphatic heterocycles. The normalized spacial score (nSPS) is 9.54. The Hall–Kier alpha value is -0.770. The van der Waals surface area contributed by atoms with Crippen molar-refractivity contribution in [3.8, 4) is 0 Å². The van der Waals surface area contributed by atoms with Gasteiger partial charge in [-0.1, -0.05) is 18.2 Å². The summed E-state index contributed by atoms with van der Waals surface area (Å²) in [6.07, 6.45) is 1.26. The van der Waals surface area contributed by atoms with Crippen LogP contribution in [0, 0.1) is 0 Å². The van der Waals surface area contributed by atoms with Gasteiger partial charge in [0, 0.05) is 5.39 Å². The molecule has 13 heavy (non-hydrogen) atoms. The zero-order valence-electron chi connectivity index (χ0n) is 6.15. The summed E-state index contributed by atoms with van der Waals surface area (Å²) in [7, 11) is 0. The zero-order valence-corrected chi connectivity index (χ0v) is 6.15. The van der Waals surface area contributed by atoms with E-state index in [0.29, 0.717) is 11.0 Å². The molecule has 4 heteroatoms. The molecule has 62 valence electrons. The molecule has 1 aromatic carbocycles. The number of benzene rings is 1. The van der Waals surface area contributed by atoms with Gasteiger partial charge in [0.25, 0.3) is 0 Å². The van der Waals surface area contributed by atoms with Crippen LogP contribution < -0.4 is 0 Å². The average Bonchev–Trinajstić information content (AvgIpc) is 2.47. The maximum atomic E-state index is 10.6. The fourth-order valence-corrected chi connectivity index (χ4v) is 1.14. The van der Waals surface area contributed by atoms with Crippen molar-refractivity contribution >= 4 is 46.5 Å². The molecule has 0 saturated heterocycles. The van der Waals surface area contributed by atoms with Gasteiger partial charge in [-0.05, 0) is 6.07 Å². The summed E-state index contributed by atoms with van der Waals surface area (Å²) < 4.78 is 5.03. The Morgan fingerprint density at radius 1 is 1.31 bits per heavy atom. The first kappa shape index (κ1) is 10.3. The van der Waals surface area contributed by atoms with Crippen LogP contribution in [0.3, 0.4) is 0 Å². The Labute approximate surface area is 96.6 Å². The van der Waals surface area contributed by atoms with Crippen molar-refractivity contribution in [3.05, 3.63) is 36.1 Å². The predicted octanol–water partition coefficient (Wildman–Crippen LogP) is 1.48. The third-order valence-electron chi connectivity index (χ3n) is 1.71. The molecular weight excluding hydrogens is 179 g/mol. The summed E-state index contributed by atoms with van der Waals surface area (Å²) in [6.45, 7) is 0. The fraction of sp³-hybridized carbons (Fsp3) is 0. The quantitative estimate of drug-likeness (QED) is 0.686. The Kier molecular flexibility index (Phi) is 3.14. The van der Waals surface area contributed by atoms with Crippen LogP contribution in [0.5, 0.6) is 0 Å². The Bertz CT molecular complexity index is 433. The SMILES string of the molecule is O=C(O)c1coc2ccccc12.[NaH]. The Morgan fingerprint density at radius 2 is 2.00 bits per heavy atom. The molecule has 1 aromatic heterocycles. The van der Waals surface area contributed by atoms with Crippen LogP contribution in [0.25, 0.3) is 11.0 Å². The summed E-state index contributed by atoms with van der Waals surface area (Å²) in [4.78, 5) is 10.6. The van der Waals surface area contributed by atoms with Gasteiger partial charge in [0.2, 0.25) is 0 Å². The van der Waals surface area contributed by atoms with Crippen LogP contribution >= 0.6 is 0 Å². The molecule has 1 N–H and O–H groups in total. The number of aromatic carboxylic acids is 1. The second-order valence-electron chi connectivity index (χ2n) is 2.45. The van der Waals surface area contributed by atoms with Gasteiger partial charge in [-0.25, -0.2) is 4.79 Å². The number of furan rings is 1. The molecule has 0 aliphatic carbocycles. The van der Waals surface area contributed by atoms with E-state index in [0.717, 1.165) is 0 Å². The molecule has 0 aliphatic rings. The van der Waals surface area contributed by atoms with Crippen molar-refractivity contribution in [2.24, 2.45) is 0 Å². The predicted molar refractivity (Wildman–Crippen MR) is 50.3 cm³/mol. The number of rotatable bonds is 1. The molecule has 0 unspecified atom stereocenters. The number of carboxylic acid groups (broad SMARTS) is 1. The van der Waals surface area contributed by atoms with Crippen molar-refractivity contribution in [2.75, 3.05) is 0 Å². The third kappa shape index (κ3) is 1.77. The summed E-state index contributed by atoms with van der Waals surface area (Å²) in [5, 5.41) is 9.36. The maximum absolute atomic E-state index is 10.6. The van der Waals surface area contributed by atoms with E-state index in [1.165, 1.54) is 6.26 Å². The molecule has 0 spiro atoms. The molecule has 0 amide bonds. The third-order valence-corrected chi connectivity index (χ3v) is 1.71. The molecule has 0 saturated carbocycles. The molecule has 1 heterocycles. The van der Waals surface area contributed by atoms with E-state index >= 15 is 0 Å². The van der Waals surface area contributed by atoms with Crippen molar-refractivity contribution in [1.82, 2.24) is 0 Å². The van der Waals surface area contributed by atoms with E-state index in [-0.39, 0.29) is 35.1 Å². The number of para-hydroxylation sites is 1. The number of hydrogen-bond acceptors (Lipinski definition) is 2.